The topological polar surface area (TPSA) is 80.2 Å². The highest BCUT2D eigenvalue weighted by molar-refractivity contribution is 5.71. The smallest absolute Gasteiger partial charge is 0.410 e. The van der Waals surface area contributed by atoms with Gasteiger partial charge in [0.05, 0.1) is 18.1 Å². The van der Waals surface area contributed by atoms with Crippen molar-refractivity contribution in [3.05, 3.63) is 28.8 Å². The lowest BCUT2D eigenvalue weighted by Crippen LogP contribution is -2.36. The first-order chi connectivity index (χ1) is 10.8. The van der Waals surface area contributed by atoms with Gasteiger partial charge in [-0.3, -0.25) is 4.57 Å². The molecule has 3 heterocycles. The highest BCUT2D eigenvalue weighted by atomic mass is 19.1. The molecule has 1 saturated heterocycles. The number of alkyl halides is 1. The molecule has 1 amide bonds. The number of likely N-dealkylation sites (tertiary alicyclic amines) is 1. The Morgan fingerprint density at radius 2 is 2.17 bits per heavy atom. The number of carbonyl (C=O) groups is 1. The summed E-state index contributed by atoms with van der Waals surface area (Å²) in [4.78, 5) is 32.3. The van der Waals surface area contributed by atoms with E-state index in [0.717, 1.165) is 0 Å². The molecular weight excluding hydrogens is 303 g/mol. The van der Waals surface area contributed by atoms with Crippen molar-refractivity contribution >= 4 is 17.3 Å². The molecule has 1 N–H and O–H groups in total. The summed E-state index contributed by atoms with van der Waals surface area (Å²) in [6.07, 6.45) is -0.398. The van der Waals surface area contributed by atoms with E-state index in [1.807, 2.05) is 0 Å². The molecule has 0 aliphatic carbocycles. The molecule has 0 aromatic carbocycles. The minimum Gasteiger partial charge on any atom is -0.444 e. The summed E-state index contributed by atoms with van der Waals surface area (Å²) >= 11 is 0. The number of rotatable bonds is 1. The van der Waals surface area contributed by atoms with Crippen molar-refractivity contribution < 1.29 is 13.9 Å². The number of hydrogen-bond acceptors (Lipinski definition) is 4. The van der Waals surface area contributed by atoms with Crippen LogP contribution in [0, 0.1) is 0 Å². The second-order valence-electron chi connectivity index (χ2n) is 6.64. The number of amides is 1. The third kappa shape index (κ3) is 2.93. The zero-order valence-corrected chi connectivity index (χ0v) is 13.2. The third-order valence-electron chi connectivity index (χ3n) is 3.68. The van der Waals surface area contributed by atoms with Crippen LogP contribution in [0.25, 0.3) is 11.2 Å². The van der Waals surface area contributed by atoms with Crippen LogP contribution in [0.5, 0.6) is 0 Å². The Kier molecular flexibility index (Phi) is 3.62. The zero-order valence-electron chi connectivity index (χ0n) is 13.2. The normalized spacial score (nSPS) is 21.8. The molecule has 23 heavy (non-hydrogen) atoms. The largest absolute Gasteiger partial charge is 0.444 e. The van der Waals surface area contributed by atoms with Gasteiger partial charge in [0.1, 0.15) is 11.8 Å². The van der Waals surface area contributed by atoms with E-state index in [1.54, 1.807) is 39.1 Å². The Balaban J connectivity index is 1.88. The molecule has 1 aliphatic rings. The molecular formula is C15H19FN4O3. The Hall–Kier alpha value is -2.38. The van der Waals surface area contributed by atoms with Crippen molar-refractivity contribution in [3.8, 4) is 0 Å². The highest BCUT2D eigenvalue weighted by Crippen LogP contribution is 2.27. The van der Waals surface area contributed by atoms with Crippen molar-refractivity contribution in [2.24, 2.45) is 0 Å². The van der Waals surface area contributed by atoms with E-state index < -0.39 is 29.6 Å². The summed E-state index contributed by atoms with van der Waals surface area (Å²) in [7, 11) is 0. The molecule has 3 rings (SSSR count). The van der Waals surface area contributed by atoms with E-state index in [9.17, 15) is 14.0 Å². The van der Waals surface area contributed by atoms with Gasteiger partial charge in [-0.05, 0) is 32.9 Å². The molecule has 0 bridgehead atoms. The average Bonchev–Trinajstić information content (AvgIpc) is 2.96. The van der Waals surface area contributed by atoms with Gasteiger partial charge in [0.15, 0.2) is 5.65 Å². The number of halogens is 1. The quantitative estimate of drug-likeness (QED) is 0.869. The second-order valence-corrected chi connectivity index (χ2v) is 6.64. The van der Waals surface area contributed by atoms with Gasteiger partial charge in [-0.15, -0.1) is 0 Å². The number of fused-ring (bicyclic) bond motifs is 1. The summed E-state index contributed by atoms with van der Waals surface area (Å²) in [5, 5.41) is 0. The summed E-state index contributed by atoms with van der Waals surface area (Å²) in [5.74, 6) is 0. The van der Waals surface area contributed by atoms with Gasteiger partial charge in [-0.2, -0.15) is 0 Å². The molecule has 0 radical (unpaired) electrons. The highest BCUT2D eigenvalue weighted by Gasteiger charge is 2.40. The van der Waals surface area contributed by atoms with Gasteiger partial charge in [0.2, 0.25) is 0 Å². The minimum atomic E-state index is -1.36. The number of imidazole rings is 1. The number of pyridine rings is 1. The van der Waals surface area contributed by atoms with Crippen molar-refractivity contribution in [2.45, 2.75) is 38.6 Å². The third-order valence-corrected chi connectivity index (χ3v) is 3.68. The first-order valence-corrected chi connectivity index (χ1v) is 7.43. The summed E-state index contributed by atoms with van der Waals surface area (Å²) in [5.41, 5.74) is -0.158. The Morgan fingerprint density at radius 3 is 2.87 bits per heavy atom. The van der Waals surface area contributed by atoms with Crippen molar-refractivity contribution in [2.75, 3.05) is 13.1 Å². The Bertz CT molecular complexity index is 792. The molecule has 2 aromatic rings. The number of hydrogen-bond donors (Lipinski definition) is 1. The van der Waals surface area contributed by atoms with Gasteiger partial charge < -0.3 is 14.6 Å². The van der Waals surface area contributed by atoms with Crippen LogP contribution in [0.4, 0.5) is 9.18 Å². The maximum Gasteiger partial charge on any atom is 0.410 e. The number of nitrogens with zero attached hydrogens (tertiary/aromatic N) is 3. The van der Waals surface area contributed by atoms with Crippen LogP contribution in [0.3, 0.4) is 0 Å². The maximum absolute atomic E-state index is 14.5. The Morgan fingerprint density at radius 1 is 1.43 bits per heavy atom. The Labute approximate surface area is 132 Å². The number of nitrogens with one attached hydrogen (secondary N) is 1. The van der Waals surface area contributed by atoms with Crippen LogP contribution in [-0.4, -0.2) is 50.4 Å². The van der Waals surface area contributed by atoms with E-state index in [2.05, 4.69) is 9.97 Å². The molecule has 1 fully saturated rings. The summed E-state index contributed by atoms with van der Waals surface area (Å²) in [6, 6.07) is 2.62. The molecule has 124 valence electrons. The van der Waals surface area contributed by atoms with Gasteiger partial charge in [-0.25, -0.2) is 19.0 Å². The van der Waals surface area contributed by atoms with E-state index in [-0.39, 0.29) is 13.1 Å². The lowest BCUT2D eigenvalue weighted by molar-refractivity contribution is 0.0281. The fourth-order valence-corrected chi connectivity index (χ4v) is 2.73. The lowest BCUT2D eigenvalue weighted by Gasteiger charge is -2.24. The first-order valence-electron chi connectivity index (χ1n) is 7.43. The van der Waals surface area contributed by atoms with Crippen molar-refractivity contribution in [1.29, 1.82) is 0 Å². The van der Waals surface area contributed by atoms with Crippen LogP contribution >= 0.6 is 0 Å². The molecule has 1 aliphatic heterocycles. The van der Waals surface area contributed by atoms with Gasteiger partial charge in [0.25, 0.3) is 0 Å². The fraction of sp³-hybridized carbons (Fsp3) is 0.533. The van der Waals surface area contributed by atoms with Gasteiger partial charge in [-0.1, -0.05) is 0 Å². The van der Waals surface area contributed by atoms with Crippen LogP contribution in [0.15, 0.2) is 23.1 Å². The predicted octanol–water partition coefficient (Wildman–Crippen LogP) is 1.85. The average molecular weight is 322 g/mol. The standard InChI is InChI=1S/C15H19FN4O3/c1-15(2,3)23-14(22)19-7-9(16)11(8-19)20-12-10(18-13(20)21)5-4-6-17-12/h4-6,9,11H,7-8H2,1-3H3,(H,18,21)/t9-,11-/m1/s1. The number of aromatic amines is 1. The number of carbonyl (C=O) groups excluding carboxylic acids is 1. The second kappa shape index (κ2) is 5.36. The minimum absolute atomic E-state index is 0.0690. The molecule has 0 saturated carbocycles. The zero-order chi connectivity index (χ0) is 16.8. The molecule has 0 unspecified atom stereocenters. The van der Waals surface area contributed by atoms with Crippen molar-refractivity contribution in [1.82, 2.24) is 19.4 Å². The summed E-state index contributed by atoms with van der Waals surface area (Å²) < 4.78 is 21.0. The van der Waals surface area contributed by atoms with Crippen molar-refractivity contribution in [3.63, 3.8) is 0 Å². The van der Waals surface area contributed by atoms with E-state index >= 15 is 0 Å². The molecule has 2 atom stereocenters. The van der Waals surface area contributed by atoms with Gasteiger partial charge in [0, 0.05) is 12.7 Å². The van der Waals surface area contributed by atoms with Crippen LogP contribution < -0.4 is 5.69 Å². The number of aromatic nitrogens is 3. The summed E-state index contributed by atoms with van der Waals surface area (Å²) in [6.45, 7) is 5.21. The van der Waals surface area contributed by atoms with Crippen LogP contribution in [0.1, 0.15) is 26.8 Å². The molecule has 7 nitrogen and oxygen atoms in total. The van der Waals surface area contributed by atoms with E-state index in [4.69, 9.17) is 4.74 Å². The SMILES string of the molecule is CC(C)(C)OC(=O)N1C[C@@H](F)[C@H](n2c(=O)[nH]c3cccnc32)C1. The lowest BCUT2D eigenvalue weighted by atomic mass is 10.2. The first kappa shape index (κ1) is 15.5. The molecule has 8 heteroatoms. The fourth-order valence-electron chi connectivity index (χ4n) is 2.73. The predicted molar refractivity (Wildman–Crippen MR) is 82.1 cm³/mol. The van der Waals surface area contributed by atoms with E-state index in [0.29, 0.717) is 11.2 Å². The van der Waals surface area contributed by atoms with E-state index in [1.165, 1.54) is 9.47 Å². The number of H-pyrrole nitrogens is 1. The van der Waals surface area contributed by atoms with Crippen LogP contribution in [-0.2, 0) is 4.74 Å². The number of ether oxygens (including phenoxy) is 1. The molecule has 0 spiro atoms. The maximum atomic E-state index is 14.5. The molecule has 2 aromatic heterocycles. The van der Waals surface area contributed by atoms with Crippen LogP contribution in [0.2, 0.25) is 0 Å². The monoisotopic (exact) mass is 322 g/mol. The van der Waals surface area contributed by atoms with Gasteiger partial charge >= 0.3 is 11.8 Å².